The zero-order valence-corrected chi connectivity index (χ0v) is 16.6. The summed E-state index contributed by atoms with van der Waals surface area (Å²) in [6.07, 6.45) is 0. The standard InChI is InChI=1S/C22H20N4O4/c1-3-29-17-9-7-15(8-10-17)19-11-12-21(27)26(24-19)14-20-23-22(25-30-20)16-5-4-6-18(13-16)28-2/h4-13H,3,14H2,1-2H3. The highest BCUT2D eigenvalue weighted by Crippen LogP contribution is 2.22. The summed E-state index contributed by atoms with van der Waals surface area (Å²) in [7, 11) is 1.59. The third-order valence-corrected chi connectivity index (χ3v) is 4.41. The van der Waals surface area contributed by atoms with E-state index in [1.165, 1.54) is 10.7 Å². The van der Waals surface area contributed by atoms with Gasteiger partial charge in [-0.3, -0.25) is 4.79 Å². The molecule has 0 saturated carbocycles. The first-order valence-corrected chi connectivity index (χ1v) is 9.44. The first-order valence-electron chi connectivity index (χ1n) is 9.44. The van der Waals surface area contributed by atoms with Gasteiger partial charge in [-0.2, -0.15) is 10.1 Å². The van der Waals surface area contributed by atoms with Crippen molar-refractivity contribution < 1.29 is 14.0 Å². The molecular weight excluding hydrogens is 384 g/mol. The average molecular weight is 404 g/mol. The van der Waals surface area contributed by atoms with Crippen LogP contribution in [-0.4, -0.2) is 33.6 Å². The molecule has 2 aromatic heterocycles. The molecule has 0 aliphatic rings. The Morgan fingerprint density at radius 3 is 2.60 bits per heavy atom. The van der Waals surface area contributed by atoms with Crippen LogP contribution in [0.3, 0.4) is 0 Å². The van der Waals surface area contributed by atoms with Gasteiger partial charge in [-0.25, -0.2) is 4.68 Å². The molecule has 4 rings (SSSR count). The Morgan fingerprint density at radius 1 is 1.00 bits per heavy atom. The molecule has 0 unspecified atom stereocenters. The zero-order valence-electron chi connectivity index (χ0n) is 16.6. The smallest absolute Gasteiger partial charge is 0.267 e. The van der Waals surface area contributed by atoms with Crippen molar-refractivity contribution in [3.05, 3.63) is 76.9 Å². The summed E-state index contributed by atoms with van der Waals surface area (Å²) in [5.74, 6) is 2.18. The summed E-state index contributed by atoms with van der Waals surface area (Å²) in [5.41, 5.74) is 2.03. The summed E-state index contributed by atoms with van der Waals surface area (Å²) in [4.78, 5) is 16.7. The van der Waals surface area contributed by atoms with Gasteiger partial charge in [0.15, 0.2) is 0 Å². The van der Waals surface area contributed by atoms with Crippen LogP contribution in [0.25, 0.3) is 22.6 Å². The first-order chi connectivity index (χ1) is 14.7. The molecule has 4 aromatic rings. The van der Waals surface area contributed by atoms with Crippen molar-refractivity contribution in [2.24, 2.45) is 0 Å². The van der Waals surface area contributed by atoms with Gasteiger partial charge in [-0.1, -0.05) is 17.3 Å². The second kappa shape index (κ2) is 8.60. The molecule has 2 aromatic carbocycles. The van der Waals surface area contributed by atoms with E-state index in [1.807, 2.05) is 55.5 Å². The Labute approximate surface area is 172 Å². The van der Waals surface area contributed by atoms with Crippen LogP contribution in [0.1, 0.15) is 12.8 Å². The number of nitrogens with zero attached hydrogens (tertiary/aromatic N) is 4. The number of ether oxygens (including phenoxy) is 2. The number of hydrogen-bond acceptors (Lipinski definition) is 7. The Balaban J connectivity index is 1.57. The minimum Gasteiger partial charge on any atom is -0.497 e. The highest BCUT2D eigenvalue weighted by Gasteiger charge is 2.12. The number of hydrogen-bond donors (Lipinski definition) is 0. The second-order valence-electron chi connectivity index (χ2n) is 6.42. The molecule has 8 heteroatoms. The fourth-order valence-electron chi connectivity index (χ4n) is 2.93. The van der Waals surface area contributed by atoms with Gasteiger partial charge in [-0.05, 0) is 49.4 Å². The van der Waals surface area contributed by atoms with Crippen molar-refractivity contribution in [2.45, 2.75) is 13.5 Å². The number of aromatic nitrogens is 4. The molecule has 0 atom stereocenters. The normalized spacial score (nSPS) is 10.7. The Bertz CT molecular complexity index is 1200. The summed E-state index contributed by atoms with van der Waals surface area (Å²) in [6, 6.07) is 18.0. The topological polar surface area (TPSA) is 92.3 Å². The molecule has 0 saturated heterocycles. The average Bonchev–Trinajstić information content (AvgIpc) is 3.25. The van der Waals surface area contributed by atoms with Crippen LogP contribution < -0.4 is 15.0 Å². The van der Waals surface area contributed by atoms with Gasteiger partial charge >= 0.3 is 0 Å². The lowest BCUT2D eigenvalue weighted by Gasteiger charge is -2.07. The summed E-state index contributed by atoms with van der Waals surface area (Å²) in [5, 5.41) is 8.44. The third-order valence-electron chi connectivity index (χ3n) is 4.41. The molecule has 30 heavy (non-hydrogen) atoms. The van der Waals surface area contributed by atoms with Crippen LogP contribution in [0.4, 0.5) is 0 Å². The molecule has 0 aliphatic heterocycles. The van der Waals surface area contributed by atoms with Crippen molar-refractivity contribution >= 4 is 0 Å². The van der Waals surface area contributed by atoms with E-state index in [1.54, 1.807) is 13.2 Å². The molecule has 2 heterocycles. The second-order valence-corrected chi connectivity index (χ2v) is 6.42. The lowest BCUT2D eigenvalue weighted by atomic mass is 10.1. The number of benzene rings is 2. The Morgan fingerprint density at radius 2 is 1.83 bits per heavy atom. The minimum atomic E-state index is -0.259. The van der Waals surface area contributed by atoms with E-state index in [0.717, 1.165) is 16.9 Å². The maximum atomic E-state index is 12.3. The van der Waals surface area contributed by atoms with Crippen LogP contribution in [-0.2, 0) is 6.54 Å². The van der Waals surface area contributed by atoms with E-state index in [2.05, 4.69) is 15.2 Å². The lowest BCUT2D eigenvalue weighted by molar-refractivity contribution is 0.340. The van der Waals surface area contributed by atoms with Crippen LogP contribution in [0, 0.1) is 0 Å². The van der Waals surface area contributed by atoms with Crippen molar-refractivity contribution in [2.75, 3.05) is 13.7 Å². The van der Waals surface area contributed by atoms with Gasteiger partial charge in [-0.15, -0.1) is 0 Å². The molecule has 0 bridgehead atoms. The predicted octanol–water partition coefficient (Wildman–Crippen LogP) is 3.42. The van der Waals surface area contributed by atoms with Gasteiger partial charge in [0, 0.05) is 17.2 Å². The van der Waals surface area contributed by atoms with Crippen LogP contribution in [0.2, 0.25) is 0 Å². The number of rotatable bonds is 7. The van der Waals surface area contributed by atoms with Crippen molar-refractivity contribution in [1.29, 1.82) is 0 Å². The molecule has 0 radical (unpaired) electrons. The highest BCUT2D eigenvalue weighted by molar-refractivity contribution is 5.59. The van der Waals surface area contributed by atoms with Crippen molar-refractivity contribution in [3.63, 3.8) is 0 Å². The number of methoxy groups -OCH3 is 1. The van der Waals surface area contributed by atoms with Crippen molar-refractivity contribution in [3.8, 4) is 34.1 Å². The molecule has 8 nitrogen and oxygen atoms in total. The fraction of sp³-hybridized carbons (Fsp3) is 0.182. The molecule has 0 amide bonds. The molecule has 0 aliphatic carbocycles. The zero-order chi connectivity index (χ0) is 20.9. The quantitative estimate of drug-likeness (QED) is 0.466. The maximum absolute atomic E-state index is 12.3. The highest BCUT2D eigenvalue weighted by atomic mass is 16.5. The van der Waals surface area contributed by atoms with E-state index in [-0.39, 0.29) is 18.0 Å². The lowest BCUT2D eigenvalue weighted by Crippen LogP contribution is -2.23. The third kappa shape index (κ3) is 4.22. The minimum absolute atomic E-state index is 0.0701. The summed E-state index contributed by atoms with van der Waals surface area (Å²) >= 11 is 0. The van der Waals surface area contributed by atoms with Crippen molar-refractivity contribution in [1.82, 2.24) is 19.9 Å². The van der Waals surface area contributed by atoms with Gasteiger partial charge in [0.25, 0.3) is 5.56 Å². The van der Waals surface area contributed by atoms with E-state index in [0.29, 0.717) is 23.9 Å². The summed E-state index contributed by atoms with van der Waals surface area (Å²) in [6.45, 7) is 2.60. The van der Waals surface area contributed by atoms with Crippen LogP contribution in [0.15, 0.2) is 70.0 Å². The summed E-state index contributed by atoms with van der Waals surface area (Å²) < 4.78 is 17.3. The van der Waals surface area contributed by atoms with Crippen LogP contribution in [0.5, 0.6) is 11.5 Å². The van der Waals surface area contributed by atoms with E-state index in [9.17, 15) is 4.79 Å². The molecule has 0 spiro atoms. The monoisotopic (exact) mass is 404 g/mol. The molecular formula is C22H20N4O4. The van der Waals surface area contributed by atoms with Gasteiger partial charge in [0.2, 0.25) is 11.7 Å². The van der Waals surface area contributed by atoms with E-state index < -0.39 is 0 Å². The first kappa shape index (κ1) is 19.4. The largest absolute Gasteiger partial charge is 0.497 e. The predicted molar refractivity (Wildman–Crippen MR) is 110 cm³/mol. The molecule has 152 valence electrons. The fourth-order valence-corrected chi connectivity index (χ4v) is 2.93. The van der Waals surface area contributed by atoms with Gasteiger partial charge < -0.3 is 14.0 Å². The SMILES string of the molecule is CCOc1ccc(-c2ccc(=O)n(Cc3nc(-c4cccc(OC)c4)no3)n2)cc1. The van der Waals surface area contributed by atoms with E-state index in [4.69, 9.17) is 14.0 Å². The Hall–Kier alpha value is -3.94. The van der Waals surface area contributed by atoms with Crippen LogP contribution >= 0.6 is 0 Å². The van der Waals surface area contributed by atoms with Gasteiger partial charge in [0.1, 0.15) is 18.0 Å². The maximum Gasteiger partial charge on any atom is 0.267 e. The molecule has 0 N–H and O–H groups in total. The Kier molecular flexibility index (Phi) is 5.56. The van der Waals surface area contributed by atoms with Gasteiger partial charge in [0.05, 0.1) is 19.4 Å². The molecule has 0 fully saturated rings. The van der Waals surface area contributed by atoms with E-state index >= 15 is 0 Å².